The summed E-state index contributed by atoms with van der Waals surface area (Å²) in [7, 11) is 0. The predicted molar refractivity (Wildman–Crippen MR) is 115 cm³/mol. The topological polar surface area (TPSA) is 35.9 Å². The number of benzene rings is 1. The summed E-state index contributed by atoms with van der Waals surface area (Å²) in [6.45, 7) is 10.4. The van der Waals surface area contributed by atoms with Crippen molar-refractivity contribution in [3.8, 4) is 0 Å². The maximum atomic E-state index is 10.4. The molecule has 1 aromatic carbocycles. The van der Waals surface area contributed by atoms with Crippen LogP contribution >= 0.6 is 11.6 Å². The highest BCUT2D eigenvalue weighted by Crippen LogP contribution is 2.59. The molecular formula is C23H33ClN2O2. The van der Waals surface area contributed by atoms with Gasteiger partial charge in [-0.2, -0.15) is 0 Å². The maximum Gasteiger partial charge on any atom is 0.0900 e. The number of ether oxygens (including phenoxy) is 1. The molecule has 0 amide bonds. The summed E-state index contributed by atoms with van der Waals surface area (Å²) < 4.78 is 5.90. The van der Waals surface area contributed by atoms with E-state index in [0.717, 1.165) is 37.1 Å². The van der Waals surface area contributed by atoms with E-state index in [4.69, 9.17) is 16.3 Å². The van der Waals surface area contributed by atoms with Gasteiger partial charge in [-0.05, 0) is 53.9 Å². The molecule has 0 radical (unpaired) electrons. The van der Waals surface area contributed by atoms with Gasteiger partial charge in [0.1, 0.15) is 0 Å². The number of piperazine rings is 1. The van der Waals surface area contributed by atoms with Crippen LogP contribution in [0.2, 0.25) is 5.02 Å². The van der Waals surface area contributed by atoms with Gasteiger partial charge in [-0.15, -0.1) is 0 Å². The smallest absolute Gasteiger partial charge is 0.0900 e. The molecule has 4 aliphatic rings. The van der Waals surface area contributed by atoms with E-state index in [-0.39, 0.29) is 0 Å². The highest BCUT2D eigenvalue weighted by atomic mass is 35.5. The molecule has 4 nitrogen and oxygen atoms in total. The van der Waals surface area contributed by atoms with Gasteiger partial charge in [-0.1, -0.05) is 37.6 Å². The van der Waals surface area contributed by atoms with Crippen molar-refractivity contribution in [2.24, 2.45) is 17.3 Å². The Labute approximate surface area is 174 Å². The van der Waals surface area contributed by atoms with Gasteiger partial charge in [0.15, 0.2) is 0 Å². The van der Waals surface area contributed by atoms with E-state index in [1.165, 1.54) is 24.1 Å². The molecule has 5 heteroatoms. The minimum Gasteiger partial charge on any atom is -0.389 e. The second-order valence-corrected chi connectivity index (χ2v) is 9.69. The van der Waals surface area contributed by atoms with Crippen molar-refractivity contribution in [3.05, 3.63) is 40.9 Å². The summed E-state index contributed by atoms with van der Waals surface area (Å²) in [4.78, 5) is 4.68. The maximum absolute atomic E-state index is 10.4. The zero-order chi connectivity index (χ0) is 19.7. The Morgan fingerprint density at radius 2 is 2.04 bits per heavy atom. The van der Waals surface area contributed by atoms with Crippen LogP contribution in [0.3, 0.4) is 0 Å². The normalized spacial score (nSPS) is 27.9. The highest BCUT2D eigenvalue weighted by molar-refractivity contribution is 6.30. The Bertz CT molecular complexity index is 712. The number of anilines is 1. The Morgan fingerprint density at radius 3 is 2.71 bits per heavy atom. The molecule has 1 saturated heterocycles. The average Bonchev–Trinajstić information content (AvgIpc) is 2.68. The van der Waals surface area contributed by atoms with E-state index in [1.807, 2.05) is 18.2 Å². The second kappa shape index (κ2) is 8.35. The molecule has 0 spiro atoms. The Hall–Kier alpha value is -1.07. The molecule has 1 heterocycles. The van der Waals surface area contributed by atoms with Crippen LogP contribution in [0, 0.1) is 17.3 Å². The molecule has 1 aromatic rings. The first-order valence-electron chi connectivity index (χ1n) is 10.6. The lowest BCUT2D eigenvalue weighted by atomic mass is 9.49. The number of aliphatic hydroxyl groups is 1. The summed E-state index contributed by atoms with van der Waals surface area (Å²) in [5.41, 5.74) is 3.07. The minimum absolute atomic E-state index is 0.419. The molecule has 2 bridgehead atoms. The molecule has 154 valence electrons. The number of β-amino-alcohol motifs (C(OH)–C–C–N with tert-alkyl or cyclic N) is 1. The summed E-state index contributed by atoms with van der Waals surface area (Å²) in [5, 5.41) is 11.2. The van der Waals surface area contributed by atoms with Gasteiger partial charge in [-0.25, -0.2) is 0 Å². The van der Waals surface area contributed by atoms with Crippen LogP contribution in [-0.2, 0) is 4.74 Å². The van der Waals surface area contributed by atoms with E-state index in [1.54, 1.807) is 0 Å². The molecule has 0 aromatic heterocycles. The van der Waals surface area contributed by atoms with Gasteiger partial charge < -0.3 is 14.7 Å². The molecule has 2 fully saturated rings. The first kappa shape index (κ1) is 20.2. The third-order valence-electron chi connectivity index (χ3n) is 7.18. The van der Waals surface area contributed by atoms with Gasteiger partial charge >= 0.3 is 0 Å². The van der Waals surface area contributed by atoms with Crippen LogP contribution < -0.4 is 4.90 Å². The van der Waals surface area contributed by atoms with E-state index >= 15 is 0 Å². The third kappa shape index (κ3) is 4.25. The molecule has 1 saturated carbocycles. The van der Waals surface area contributed by atoms with E-state index in [9.17, 15) is 5.11 Å². The second-order valence-electron chi connectivity index (χ2n) is 9.26. The minimum atomic E-state index is -0.427. The number of hydrogen-bond acceptors (Lipinski definition) is 4. The number of hydrogen-bond donors (Lipinski definition) is 1. The van der Waals surface area contributed by atoms with Crippen LogP contribution in [-0.4, -0.2) is 62.0 Å². The number of halogens is 1. The number of rotatable bonds is 7. The van der Waals surface area contributed by atoms with Gasteiger partial charge in [-0.3, -0.25) is 4.90 Å². The Morgan fingerprint density at radius 1 is 1.25 bits per heavy atom. The van der Waals surface area contributed by atoms with Gasteiger partial charge in [0.2, 0.25) is 0 Å². The van der Waals surface area contributed by atoms with E-state index < -0.39 is 6.10 Å². The lowest BCUT2D eigenvalue weighted by Crippen LogP contribution is -2.49. The number of fused-ring (bicyclic) bond motifs is 1. The average molecular weight is 405 g/mol. The molecule has 5 rings (SSSR count). The Balaban J connectivity index is 1.16. The fourth-order valence-corrected chi connectivity index (χ4v) is 5.35. The van der Waals surface area contributed by atoms with Crippen LogP contribution in [0.4, 0.5) is 5.69 Å². The van der Waals surface area contributed by atoms with Gasteiger partial charge in [0, 0.05) is 43.4 Å². The summed E-state index contributed by atoms with van der Waals surface area (Å²) in [6, 6.07) is 8.03. The van der Waals surface area contributed by atoms with Crippen molar-refractivity contribution in [2.45, 2.75) is 32.8 Å². The van der Waals surface area contributed by atoms with Crippen LogP contribution in [0.15, 0.2) is 35.9 Å². The van der Waals surface area contributed by atoms with Crippen molar-refractivity contribution in [2.75, 3.05) is 50.8 Å². The molecule has 3 aliphatic carbocycles. The van der Waals surface area contributed by atoms with Gasteiger partial charge in [0.05, 0.1) is 19.3 Å². The molecular weight excluding hydrogens is 372 g/mol. The van der Waals surface area contributed by atoms with Crippen molar-refractivity contribution < 1.29 is 9.84 Å². The molecule has 28 heavy (non-hydrogen) atoms. The van der Waals surface area contributed by atoms with E-state index in [2.05, 4.69) is 35.8 Å². The van der Waals surface area contributed by atoms with Crippen molar-refractivity contribution in [1.82, 2.24) is 4.90 Å². The zero-order valence-corrected chi connectivity index (χ0v) is 17.9. The molecule has 3 atom stereocenters. The van der Waals surface area contributed by atoms with E-state index in [0.29, 0.717) is 31.1 Å². The predicted octanol–water partition coefficient (Wildman–Crippen LogP) is 3.83. The first-order valence-corrected chi connectivity index (χ1v) is 11.0. The number of nitrogens with zero attached hydrogens (tertiary/aromatic N) is 2. The van der Waals surface area contributed by atoms with Crippen LogP contribution in [0.5, 0.6) is 0 Å². The fourth-order valence-electron chi connectivity index (χ4n) is 5.17. The molecule has 1 N–H and O–H groups in total. The largest absolute Gasteiger partial charge is 0.389 e. The number of allylic oxidation sites excluding steroid dienone is 1. The van der Waals surface area contributed by atoms with Crippen LogP contribution in [0.25, 0.3) is 0 Å². The van der Waals surface area contributed by atoms with Gasteiger partial charge in [0.25, 0.3) is 0 Å². The zero-order valence-electron chi connectivity index (χ0n) is 17.1. The van der Waals surface area contributed by atoms with Crippen molar-refractivity contribution >= 4 is 17.3 Å². The SMILES string of the molecule is CC1(C)C2CC=C(COCC(O)CN3CCN(c4cccc(Cl)c4)CC3)C1C2. The third-order valence-corrected chi connectivity index (χ3v) is 7.41. The monoisotopic (exact) mass is 404 g/mol. The standard InChI is InChI=1S/C23H33ClN2O2/c1-23(2)18-7-6-17(22(23)12-18)15-28-16-21(27)14-25-8-10-26(11-9-25)20-5-3-4-19(24)13-20/h3-6,13,18,21-22,27H,7-12,14-16H2,1-2H3. The number of aliphatic hydroxyl groups excluding tert-OH is 1. The summed E-state index contributed by atoms with van der Waals surface area (Å²) in [5.74, 6) is 1.54. The van der Waals surface area contributed by atoms with Crippen molar-refractivity contribution in [1.29, 1.82) is 0 Å². The van der Waals surface area contributed by atoms with Crippen LogP contribution in [0.1, 0.15) is 26.7 Å². The fraction of sp³-hybridized carbons (Fsp3) is 0.652. The quantitative estimate of drug-likeness (QED) is 0.700. The molecule has 1 aliphatic heterocycles. The summed E-state index contributed by atoms with van der Waals surface area (Å²) >= 11 is 6.11. The summed E-state index contributed by atoms with van der Waals surface area (Å²) in [6.07, 6.45) is 4.47. The Kier molecular flexibility index (Phi) is 6.03. The highest BCUT2D eigenvalue weighted by Gasteiger charge is 2.50. The first-order chi connectivity index (χ1) is 13.4. The van der Waals surface area contributed by atoms with Crippen molar-refractivity contribution in [3.63, 3.8) is 0 Å². The lowest BCUT2D eigenvalue weighted by molar-refractivity contribution is -0.0262. The molecule has 3 unspecified atom stereocenters. The lowest BCUT2D eigenvalue weighted by Gasteiger charge is -2.56.